The van der Waals surface area contributed by atoms with Gasteiger partial charge >= 0.3 is 0 Å². The van der Waals surface area contributed by atoms with Crippen LogP contribution in [0.25, 0.3) is 0 Å². The van der Waals surface area contributed by atoms with Crippen LogP contribution in [0.2, 0.25) is 0 Å². The van der Waals surface area contributed by atoms with Gasteiger partial charge in [-0.3, -0.25) is 9.79 Å². The van der Waals surface area contributed by atoms with Crippen molar-refractivity contribution >= 4 is 23.5 Å². The summed E-state index contributed by atoms with van der Waals surface area (Å²) in [4.78, 5) is 17.1. The third-order valence-corrected chi connectivity index (χ3v) is 8.90. The molecule has 1 N–H and O–H groups in total. The molecular formula is C33H36N2O2. The number of nitrogens with one attached hydrogen (secondary N) is 1. The van der Waals surface area contributed by atoms with E-state index in [1.807, 2.05) is 55.6 Å². The summed E-state index contributed by atoms with van der Waals surface area (Å²) in [5, 5.41) is 2.90. The van der Waals surface area contributed by atoms with Crippen molar-refractivity contribution in [3.63, 3.8) is 0 Å². The number of nitrogens with zero attached hydrogens (tertiary/aromatic N) is 1. The Bertz CT molecular complexity index is 1290. The minimum atomic E-state index is -0.179. The van der Waals surface area contributed by atoms with Gasteiger partial charge in [0.1, 0.15) is 5.75 Å². The first-order valence-corrected chi connectivity index (χ1v) is 13.7. The van der Waals surface area contributed by atoms with Crippen LogP contribution < -0.4 is 10.1 Å². The monoisotopic (exact) mass is 492 g/mol. The molecule has 0 aliphatic heterocycles. The van der Waals surface area contributed by atoms with Gasteiger partial charge in [0, 0.05) is 11.9 Å². The molecule has 3 aromatic rings. The van der Waals surface area contributed by atoms with E-state index in [-0.39, 0.29) is 12.5 Å². The highest BCUT2D eigenvalue weighted by molar-refractivity contribution is 5.92. The van der Waals surface area contributed by atoms with Crippen LogP contribution in [0.1, 0.15) is 60.8 Å². The molecule has 4 bridgehead atoms. The topological polar surface area (TPSA) is 50.7 Å². The Balaban J connectivity index is 1.06. The predicted molar refractivity (Wildman–Crippen MR) is 150 cm³/mol. The molecule has 7 rings (SSSR count). The van der Waals surface area contributed by atoms with Crippen LogP contribution in [0, 0.1) is 31.6 Å². The Morgan fingerprint density at radius 2 is 1.62 bits per heavy atom. The average Bonchev–Trinajstić information content (AvgIpc) is 2.88. The van der Waals surface area contributed by atoms with Crippen LogP contribution in [0.15, 0.2) is 71.7 Å². The van der Waals surface area contributed by atoms with Crippen LogP contribution >= 0.6 is 0 Å². The fourth-order valence-corrected chi connectivity index (χ4v) is 7.36. The second-order valence-corrected chi connectivity index (χ2v) is 11.7. The Morgan fingerprint density at radius 3 is 2.30 bits per heavy atom. The number of amides is 1. The molecule has 4 heteroatoms. The first kappa shape index (κ1) is 24.0. The quantitative estimate of drug-likeness (QED) is 0.346. The van der Waals surface area contributed by atoms with Gasteiger partial charge in [-0.15, -0.1) is 0 Å². The molecule has 0 saturated heterocycles. The Labute approximate surface area is 220 Å². The zero-order chi connectivity index (χ0) is 25.4. The van der Waals surface area contributed by atoms with E-state index in [1.165, 1.54) is 49.7 Å². The van der Waals surface area contributed by atoms with Gasteiger partial charge in [0.2, 0.25) is 0 Å². The molecule has 0 atom stereocenters. The van der Waals surface area contributed by atoms with Crippen molar-refractivity contribution < 1.29 is 9.53 Å². The van der Waals surface area contributed by atoms with Crippen molar-refractivity contribution in [1.29, 1.82) is 0 Å². The number of anilines is 1. The molecule has 4 nitrogen and oxygen atoms in total. The maximum Gasteiger partial charge on any atom is 0.262 e. The van der Waals surface area contributed by atoms with Crippen LogP contribution in [-0.2, 0) is 10.2 Å². The summed E-state index contributed by atoms with van der Waals surface area (Å²) < 4.78 is 5.75. The molecule has 190 valence electrons. The number of carbonyl (C=O) groups excluding carboxylic acids is 1. The minimum absolute atomic E-state index is 0.0424. The lowest BCUT2D eigenvalue weighted by molar-refractivity contribution is -0.118. The van der Waals surface area contributed by atoms with Crippen molar-refractivity contribution in [3.8, 4) is 5.75 Å². The first-order chi connectivity index (χ1) is 17.9. The van der Waals surface area contributed by atoms with Gasteiger partial charge in [-0.05, 0) is 134 Å². The van der Waals surface area contributed by atoms with Gasteiger partial charge in [-0.25, -0.2) is 0 Å². The molecule has 4 aliphatic carbocycles. The first-order valence-electron chi connectivity index (χ1n) is 13.7. The van der Waals surface area contributed by atoms with Gasteiger partial charge in [0.15, 0.2) is 6.61 Å². The Morgan fingerprint density at radius 1 is 0.919 bits per heavy atom. The van der Waals surface area contributed by atoms with E-state index in [0.717, 1.165) is 40.3 Å². The van der Waals surface area contributed by atoms with E-state index in [4.69, 9.17) is 9.73 Å². The highest BCUT2D eigenvalue weighted by Crippen LogP contribution is 2.60. The summed E-state index contributed by atoms with van der Waals surface area (Å²) in [6, 6.07) is 22.6. The Kier molecular flexibility index (Phi) is 6.36. The lowest BCUT2D eigenvalue weighted by atomic mass is 9.48. The number of carbonyl (C=O) groups is 1. The molecule has 0 radical (unpaired) electrons. The molecule has 37 heavy (non-hydrogen) atoms. The normalized spacial score (nSPS) is 25.9. The second kappa shape index (κ2) is 9.81. The number of rotatable bonds is 7. The summed E-state index contributed by atoms with van der Waals surface area (Å²) >= 11 is 0. The molecule has 4 fully saturated rings. The number of ether oxygens (including phenoxy) is 1. The second-order valence-electron chi connectivity index (χ2n) is 11.7. The zero-order valence-corrected chi connectivity index (χ0v) is 21.9. The van der Waals surface area contributed by atoms with Crippen LogP contribution in [0.4, 0.5) is 11.4 Å². The zero-order valence-electron chi connectivity index (χ0n) is 21.9. The average molecular weight is 493 g/mol. The number of aryl methyl sites for hydroxylation is 2. The summed E-state index contributed by atoms with van der Waals surface area (Å²) in [5.74, 6) is 3.33. The fourth-order valence-electron chi connectivity index (χ4n) is 7.36. The van der Waals surface area contributed by atoms with Gasteiger partial charge < -0.3 is 10.1 Å². The highest BCUT2D eigenvalue weighted by atomic mass is 16.5. The molecule has 4 saturated carbocycles. The molecular weight excluding hydrogens is 456 g/mol. The summed E-state index contributed by atoms with van der Waals surface area (Å²) in [5.41, 5.74) is 6.99. The van der Waals surface area contributed by atoms with E-state index in [9.17, 15) is 4.79 Å². The lowest BCUT2D eigenvalue weighted by Crippen LogP contribution is -2.48. The van der Waals surface area contributed by atoms with Gasteiger partial charge in [-0.1, -0.05) is 30.3 Å². The third kappa shape index (κ3) is 5.20. The van der Waals surface area contributed by atoms with Crippen molar-refractivity contribution in [2.75, 3.05) is 11.9 Å². The van der Waals surface area contributed by atoms with Crippen molar-refractivity contribution in [3.05, 3.63) is 89.0 Å². The smallest absolute Gasteiger partial charge is 0.262 e. The van der Waals surface area contributed by atoms with E-state index in [2.05, 4.69) is 36.5 Å². The fraction of sp³-hybridized carbons (Fsp3) is 0.394. The van der Waals surface area contributed by atoms with E-state index < -0.39 is 0 Å². The predicted octanol–water partition coefficient (Wildman–Crippen LogP) is 7.54. The van der Waals surface area contributed by atoms with E-state index in [0.29, 0.717) is 11.2 Å². The van der Waals surface area contributed by atoms with Crippen molar-refractivity contribution in [2.24, 2.45) is 22.7 Å². The third-order valence-electron chi connectivity index (χ3n) is 8.90. The molecule has 0 heterocycles. The maximum atomic E-state index is 12.3. The van der Waals surface area contributed by atoms with Crippen molar-refractivity contribution in [2.45, 2.75) is 57.8 Å². The number of benzene rings is 3. The molecule has 4 aliphatic rings. The lowest BCUT2D eigenvalue weighted by Gasteiger charge is -2.57. The number of aliphatic imine (C=N–C) groups is 1. The highest BCUT2D eigenvalue weighted by Gasteiger charge is 2.51. The number of hydrogen-bond acceptors (Lipinski definition) is 3. The molecule has 0 spiro atoms. The van der Waals surface area contributed by atoms with Gasteiger partial charge in [0.25, 0.3) is 5.91 Å². The largest absolute Gasteiger partial charge is 0.484 e. The summed E-state index contributed by atoms with van der Waals surface area (Å²) in [6.07, 6.45) is 10.4. The van der Waals surface area contributed by atoms with E-state index >= 15 is 0 Å². The molecule has 0 aromatic heterocycles. The minimum Gasteiger partial charge on any atom is -0.484 e. The standard InChI is InChI=1S/C33H36N2O2/c1-22-6-9-30(12-23(22)2)35-32(36)21-37-31-5-3-4-24(16-31)20-34-29-10-7-28(8-11-29)33-17-25-13-26(18-33)15-27(14-25)19-33/h3-12,16,20,25-27H,13-15,17-19,21H2,1-2H3,(H,35,36). The molecule has 3 aromatic carbocycles. The Hall–Kier alpha value is -3.40. The van der Waals surface area contributed by atoms with Crippen LogP contribution in [-0.4, -0.2) is 18.7 Å². The number of hydrogen-bond donors (Lipinski definition) is 1. The summed E-state index contributed by atoms with van der Waals surface area (Å²) in [6.45, 7) is 4.05. The maximum absolute atomic E-state index is 12.3. The molecule has 1 amide bonds. The SMILES string of the molecule is Cc1ccc(NC(=O)COc2cccc(C=Nc3ccc(C45CC6CC(CC(C6)C4)C5)cc3)c2)cc1C. The molecule has 0 unspecified atom stereocenters. The van der Waals surface area contributed by atoms with Crippen LogP contribution in [0.3, 0.4) is 0 Å². The van der Waals surface area contributed by atoms with E-state index in [1.54, 1.807) is 0 Å². The van der Waals surface area contributed by atoms with Crippen molar-refractivity contribution in [1.82, 2.24) is 0 Å². The van der Waals surface area contributed by atoms with Gasteiger partial charge in [0.05, 0.1) is 5.69 Å². The van der Waals surface area contributed by atoms with Gasteiger partial charge in [-0.2, -0.15) is 0 Å². The van der Waals surface area contributed by atoms with Crippen LogP contribution in [0.5, 0.6) is 5.75 Å². The summed E-state index contributed by atoms with van der Waals surface area (Å²) in [7, 11) is 0.